The molecule has 0 atom stereocenters. The predicted octanol–water partition coefficient (Wildman–Crippen LogP) is 3.54. The number of esters is 1. The summed E-state index contributed by atoms with van der Waals surface area (Å²) in [6, 6.07) is 2.39. The van der Waals surface area contributed by atoms with Crippen LogP contribution in [0.2, 0.25) is 0 Å². The minimum Gasteiger partial charge on any atom is -0.469 e. The van der Waals surface area contributed by atoms with Crippen molar-refractivity contribution in [3.05, 3.63) is 23.9 Å². The summed E-state index contributed by atoms with van der Waals surface area (Å²) in [7, 11) is 1.35. The molecule has 3 nitrogen and oxygen atoms in total. The maximum absolute atomic E-state index is 12.4. The number of carbonyl (C=O) groups is 1. The maximum atomic E-state index is 12.4. The van der Waals surface area contributed by atoms with Crippen molar-refractivity contribution in [2.45, 2.75) is 30.5 Å². The van der Waals surface area contributed by atoms with E-state index in [-0.39, 0.29) is 11.4 Å². The van der Waals surface area contributed by atoms with Gasteiger partial charge in [-0.25, -0.2) is 4.98 Å². The van der Waals surface area contributed by atoms with E-state index >= 15 is 0 Å². The van der Waals surface area contributed by atoms with E-state index in [1.165, 1.54) is 24.9 Å². The third-order valence-electron chi connectivity index (χ3n) is 3.29. The molecular weight excluding hydrogens is 291 g/mol. The summed E-state index contributed by atoms with van der Waals surface area (Å²) >= 11 is 1.38. The van der Waals surface area contributed by atoms with Gasteiger partial charge in [-0.3, -0.25) is 4.79 Å². The van der Waals surface area contributed by atoms with E-state index in [0.29, 0.717) is 17.2 Å². The Labute approximate surface area is 118 Å². The molecule has 1 aromatic heterocycles. The molecule has 0 amide bonds. The molecule has 1 aliphatic rings. The molecule has 0 radical (unpaired) electrons. The summed E-state index contributed by atoms with van der Waals surface area (Å²) < 4.78 is 41.8. The Kier molecular flexibility index (Phi) is 4.27. The first-order valence-electron chi connectivity index (χ1n) is 6.08. The number of nitrogens with zero attached hydrogens (tertiary/aromatic N) is 1. The molecule has 1 saturated carbocycles. The smallest absolute Gasteiger partial charge is 0.417 e. The van der Waals surface area contributed by atoms with Crippen LogP contribution < -0.4 is 0 Å². The highest BCUT2D eigenvalue weighted by molar-refractivity contribution is 7.99. The number of rotatable bonds is 5. The second kappa shape index (κ2) is 5.63. The molecule has 1 fully saturated rings. The van der Waals surface area contributed by atoms with Crippen LogP contribution in [0.5, 0.6) is 0 Å². The fourth-order valence-electron chi connectivity index (χ4n) is 1.79. The molecule has 1 aliphatic carbocycles. The molecule has 0 N–H and O–H groups in total. The van der Waals surface area contributed by atoms with Crippen molar-refractivity contribution in [3.8, 4) is 0 Å². The van der Waals surface area contributed by atoms with Gasteiger partial charge in [-0.1, -0.05) is 0 Å². The lowest BCUT2D eigenvalue weighted by Crippen LogP contribution is -2.13. The molecule has 0 spiro atoms. The molecule has 7 heteroatoms. The number of pyridine rings is 1. The number of aromatic nitrogens is 1. The number of carbonyl (C=O) groups excluding carboxylic acids is 1. The van der Waals surface area contributed by atoms with Crippen LogP contribution >= 0.6 is 11.8 Å². The highest BCUT2D eigenvalue weighted by Crippen LogP contribution is 2.52. The minimum absolute atomic E-state index is 0.0673. The van der Waals surface area contributed by atoms with Crippen LogP contribution in [0.25, 0.3) is 0 Å². The highest BCUT2D eigenvalue weighted by Gasteiger charge is 2.44. The second-order valence-corrected chi connectivity index (χ2v) is 5.92. The van der Waals surface area contributed by atoms with Crippen molar-refractivity contribution in [1.29, 1.82) is 0 Å². The lowest BCUT2D eigenvalue weighted by Gasteiger charge is -2.13. The van der Waals surface area contributed by atoms with Crippen molar-refractivity contribution >= 4 is 17.7 Å². The zero-order chi connectivity index (χ0) is 14.8. The summed E-state index contributed by atoms with van der Waals surface area (Å²) in [4.78, 5) is 15.1. The standard InChI is InChI=1S/C13H14F3NO2S/c1-19-11(18)6-12(4-5-12)8-20-10-3-2-9(7-17-10)13(14,15)16/h2-3,7H,4-6,8H2,1H3. The molecule has 2 rings (SSSR count). The van der Waals surface area contributed by atoms with Gasteiger partial charge in [0, 0.05) is 11.9 Å². The lowest BCUT2D eigenvalue weighted by atomic mass is 10.1. The van der Waals surface area contributed by atoms with Gasteiger partial charge in [-0.05, 0) is 30.4 Å². The topological polar surface area (TPSA) is 39.2 Å². The van der Waals surface area contributed by atoms with E-state index in [1.54, 1.807) is 0 Å². The molecule has 0 aromatic carbocycles. The number of methoxy groups -OCH3 is 1. The van der Waals surface area contributed by atoms with Crippen molar-refractivity contribution < 1.29 is 22.7 Å². The van der Waals surface area contributed by atoms with Crippen LogP contribution in [0.4, 0.5) is 13.2 Å². The Morgan fingerprint density at radius 1 is 1.45 bits per heavy atom. The second-order valence-electron chi connectivity index (χ2n) is 4.92. The predicted molar refractivity (Wildman–Crippen MR) is 68.3 cm³/mol. The Morgan fingerprint density at radius 2 is 2.15 bits per heavy atom. The van der Waals surface area contributed by atoms with Gasteiger partial charge in [-0.2, -0.15) is 13.2 Å². The summed E-state index contributed by atoms with van der Waals surface area (Å²) in [6.45, 7) is 0. The summed E-state index contributed by atoms with van der Waals surface area (Å²) in [5.74, 6) is 0.420. The first-order chi connectivity index (χ1) is 9.35. The first-order valence-corrected chi connectivity index (χ1v) is 7.06. The molecule has 20 heavy (non-hydrogen) atoms. The molecule has 0 bridgehead atoms. The van der Waals surface area contributed by atoms with E-state index in [2.05, 4.69) is 9.72 Å². The Morgan fingerprint density at radius 3 is 2.60 bits per heavy atom. The number of thioether (sulfide) groups is 1. The number of hydrogen-bond acceptors (Lipinski definition) is 4. The highest BCUT2D eigenvalue weighted by atomic mass is 32.2. The van der Waals surface area contributed by atoms with Gasteiger partial charge < -0.3 is 4.74 Å². The Bertz CT molecular complexity index is 483. The average Bonchev–Trinajstić information content (AvgIpc) is 3.16. The third kappa shape index (κ3) is 3.88. The van der Waals surface area contributed by atoms with E-state index in [4.69, 9.17) is 0 Å². The summed E-state index contributed by atoms with van der Waals surface area (Å²) in [5.41, 5.74) is -0.820. The zero-order valence-corrected chi connectivity index (χ0v) is 11.7. The van der Waals surface area contributed by atoms with Gasteiger partial charge in [0.05, 0.1) is 24.1 Å². The third-order valence-corrected chi connectivity index (χ3v) is 4.59. The van der Waals surface area contributed by atoms with Crippen molar-refractivity contribution in [3.63, 3.8) is 0 Å². The fraction of sp³-hybridized carbons (Fsp3) is 0.538. The molecular formula is C13H14F3NO2S. The molecule has 1 heterocycles. The normalized spacial score (nSPS) is 16.8. The molecule has 0 unspecified atom stereocenters. The monoisotopic (exact) mass is 305 g/mol. The van der Waals surface area contributed by atoms with E-state index in [1.807, 2.05) is 0 Å². The van der Waals surface area contributed by atoms with Crippen LogP contribution in [0.1, 0.15) is 24.8 Å². The quantitative estimate of drug-likeness (QED) is 0.616. The van der Waals surface area contributed by atoms with Crippen LogP contribution in [-0.2, 0) is 15.7 Å². The first kappa shape index (κ1) is 15.2. The van der Waals surface area contributed by atoms with Gasteiger partial charge >= 0.3 is 12.1 Å². The minimum atomic E-state index is -4.36. The van der Waals surface area contributed by atoms with Crippen molar-refractivity contribution in [2.24, 2.45) is 5.41 Å². The van der Waals surface area contributed by atoms with Gasteiger partial charge in [-0.15, -0.1) is 11.8 Å². The van der Waals surface area contributed by atoms with Crippen LogP contribution in [-0.4, -0.2) is 23.8 Å². The van der Waals surface area contributed by atoms with Gasteiger partial charge in [0.15, 0.2) is 0 Å². The maximum Gasteiger partial charge on any atom is 0.417 e. The molecule has 0 saturated heterocycles. The van der Waals surface area contributed by atoms with Crippen molar-refractivity contribution in [1.82, 2.24) is 4.98 Å². The van der Waals surface area contributed by atoms with Gasteiger partial charge in [0.1, 0.15) is 0 Å². The van der Waals surface area contributed by atoms with E-state index in [0.717, 1.165) is 25.1 Å². The number of ether oxygens (including phenoxy) is 1. The Balaban J connectivity index is 1.90. The van der Waals surface area contributed by atoms with Crippen LogP contribution in [0, 0.1) is 5.41 Å². The van der Waals surface area contributed by atoms with Gasteiger partial charge in [0.25, 0.3) is 0 Å². The summed E-state index contributed by atoms with van der Waals surface area (Å²) in [5, 5.41) is 0.536. The lowest BCUT2D eigenvalue weighted by molar-refractivity contribution is -0.142. The van der Waals surface area contributed by atoms with Gasteiger partial charge in [0.2, 0.25) is 0 Å². The van der Waals surface area contributed by atoms with E-state index in [9.17, 15) is 18.0 Å². The van der Waals surface area contributed by atoms with E-state index < -0.39 is 11.7 Å². The van der Waals surface area contributed by atoms with Crippen LogP contribution in [0.15, 0.2) is 23.4 Å². The number of alkyl halides is 3. The Hall–Kier alpha value is -1.24. The number of halogens is 3. The largest absolute Gasteiger partial charge is 0.469 e. The SMILES string of the molecule is COC(=O)CC1(CSc2ccc(C(F)(F)F)cn2)CC1. The molecule has 110 valence electrons. The molecule has 1 aromatic rings. The van der Waals surface area contributed by atoms with Crippen molar-refractivity contribution in [2.75, 3.05) is 12.9 Å². The number of hydrogen-bond donors (Lipinski definition) is 0. The fourth-order valence-corrected chi connectivity index (χ4v) is 2.92. The zero-order valence-electron chi connectivity index (χ0n) is 10.9. The molecule has 0 aliphatic heterocycles. The average molecular weight is 305 g/mol. The van der Waals surface area contributed by atoms with Crippen LogP contribution in [0.3, 0.4) is 0 Å². The summed E-state index contributed by atoms with van der Waals surface area (Å²) in [6.07, 6.45) is -1.29.